The molecule has 3 aromatic rings. The molecule has 0 saturated carbocycles. The van der Waals surface area contributed by atoms with Crippen molar-refractivity contribution >= 4 is 99.6 Å². The van der Waals surface area contributed by atoms with E-state index in [1.165, 1.54) is 196 Å². The molecule has 3 aliphatic carbocycles. The molecule has 1 N–H and O–H groups in total. The molecule has 483 valence electrons. The van der Waals surface area contributed by atoms with Crippen LogP contribution in [-0.2, 0) is 10.8 Å². The van der Waals surface area contributed by atoms with Gasteiger partial charge in [-0.2, -0.15) is 0 Å². The van der Waals surface area contributed by atoms with Crippen LogP contribution in [-0.4, -0.2) is 87.3 Å². The first-order valence-corrected chi connectivity index (χ1v) is 54.4. The summed E-state index contributed by atoms with van der Waals surface area (Å²) < 4.78 is 68.2. The first-order valence-electron chi connectivity index (χ1n) is 37.1. The first kappa shape index (κ1) is 74.4. The van der Waals surface area contributed by atoms with E-state index in [0.717, 1.165) is 124 Å². The second kappa shape index (κ2) is 38.5. The molecule has 1 radical (unpaired) electrons. The number of allylic oxidation sites excluding steroid dienone is 4. The second-order valence-electron chi connectivity index (χ2n) is 28.0. The van der Waals surface area contributed by atoms with Gasteiger partial charge < -0.3 is 0 Å². The zero-order chi connectivity index (χ0) is 62.0. The van der Waals surface area contributed by atoms with Gasteiger partial charge in [-0.25, -0.2) is 0 Å². The van der Waals surface area contributed by atoms with Gasteiger partial charge in [0.1, 0.15) is 0 Å². The van der Waals surface area contributed by atoms with Gasteiger partial charge in [-0.15, -0.1) is 0 Å². The molecule has 3 aliphatic rings. The number of nitrogens with zero attached hydrogens (tertiary/aromatic N) is 3. The van der Waals surface area contributed by atoms with Crippen LogP contribution in [0.15, 0.2) is 25.3 Å². The molecule has 1 heterocycles. The summed E-state index contributed by atoms with van der Waals surface area (Å²) in [6.07, 6.45) is 47.8. The number of hydrogen-bond acceptors (Lipinski definition) is 4. The monoisotopic (exact) mass is 1530 g/mol. The standard InChI is InChI=1S/C52H71F2N4Se2.6C4H9.2Sn/c1-5-9-13-17-21-25-33-51(34-26-22-18-14-10-6-2)37-29-31-39(55)49(56-59)41(37)43-45(51)48(54)44-42-38(30-32-40-50(42)58-60-57-40)52(46(44)47(43)53,35-27-23-19-15-11-7-3)36-28-24-20-16-12-8-4;6*1-3-4-2;;/h29-30,55H,5-28,33-36H2,1-4H3;6*1,3-4H2,2H3;;/b55-39?,56-49+;;;;;;;;. The molecule has 0 saturated heterocycles. The minimum absolute atomic E-state index is 0.155. The molecule has 0 fully saturated rings. The minimum atomic E-state index is -3.42. The number of aromatic nitrogens is 2. The second-order valence-corrected chi connectivity index (χ2v) is 55.8. The van der Waals surface area contributed by atoms with Gasteiger partial charge in [-0.3, -0.25) is 0 Å². The van der Waals surface area contributed by atoms with Crippen molar-refractivity contribution in [2.75, 3.05) is 0 Å². The van der Waals surface area contributed by atoms with Gasteiger partial charge in [-0.05, 0) is 0 Å². The third kappa shape index (κ3) is 17.2. The molecular formula is C76H125F2N4Se2Sn2. The maximum atomic E-state index is 20.7. The van der Waals surface area contributed by atoms with Crippen LogP contribution in [0, 0.1) is 17.0 Å². The fraction of sp³-hybridized carbons (Fsp3) is 0.763. The summed E-state index contributed by atoms with van der Waals surface area (Å²) in [5.41, 5.74) is 8.19. The average molecular weight is 1530 g/mol. The number of halogens is 2. The summed E-state index contributed by atoms with van der Waals surface area (Å²) in [6.45, 7) is 23.4. The van der Waals surface area contributed by atoms with Crippen molar-refractivity contribution in [2.45, 2.75) is 364 Å². The van der Waals surface area contributed by atoms with E-state index in [1.807, 2.05) is 0 Å². The Morgan fingerprint density at radius 3 is 1.20 bits per heavy atom. The normalized spacial score (nSPS) is 15.8. The summed E-state index contributed by atoms with van der Waals surface area (Å²) in [4.78, 5) is 0. The first-order chi connectivity index (χ1) is 42.0. The summed E-state index contributed by atoms with van der Waals surface area (Å²) in [5.74, 6) is -0.334. The van der Waals surface area contributed by atoms with Crippen molar-refractivity contribution in [3.05, 3.63) is 55.2 Å². The molecule has 10 heteroatoms. The van der Waals surface area contributed by atoms with Crippen LogP contribution in [0.1, 0.15) is 348 Å². The fourth-order valence-electron chi connectivity index (χ4n) is 16.9. The summed E-state index contributed by atoms with van der Waals surface area (Å²) in [5, 5.41) is 10.7. The quantitative estimate of drug-likeness (QED) is 0.0348. The topological polar surface area (TPSA) is 62.0 Å². The van der Waals surface area contributed by atoms with Gasteiger partial charge in [0, 0.05) is 0 Å². The van der Waals surface area contributed by atoms with E-state index in [9.17, 15) is 5.41 Å². The molecule has 4 nitrogen and oxygen atoms in total. The Hall–Kier alpha value is -0.644. The molecular weight excluding hydrogens is 1400 g/mol. The van der Waals surface area contributed by atoms with Gasteiger partial charge in [0.15, 0.2) is 0 Å². The van der Waals surface area contributed by atoms with E-state index in [4.69, 9.17) is 12.0 Å². The van der Waals surface area contributed by atoms with Gasteiger partial charge in [0.2, 0.25) is 0 Å². The van der Waals surface area contributed by atoms with Crippen molar-refractivity contribution in [3.8, 4) is 11.1 Å². The zero-order valence-corrected chi connectivity index (χ0v) is 66.2. The fourth-order valence-corrected chi connectivity index (χ4v) is 51.9. The molecule has 86 heavy (non-hydrogen) atoms. The zero-order valence-electron chi connectivity index (χ0n) is 57.1. The Bertz CT molecular complexity index is 2570. The molecule has 0 amide bonds. The number of unbranched alkanes of at least 4 members (excludes halogenated alkanes) is 26. The Morgan fingerprint density at radius 1 is 0.442 bits per heavy atom. The Labute approximate surface area is 550 Å². The van der Waals surface area contributed by atoms with E-state index in [0.29, 0.717) is 33.7 Å². The maximum absolute atomic E-state index is 20.7. The van der Waals surface area contributed by atoms with E-state index in [1.54, 1.807) is 3.58 Å². The van der Waals surface area contributed by atoms with E-state index >= 15 is 8.78 Å². The van der Waals surface area contributed by atoms with Crippen LogP contribution in [0.5, 0.6) is 0 Å². The summed E-state index contributed by atoms with van der Waals surface area (Å²) in [6, 6.07) is 2.68. The molecule has 0 aliphatic heterocycles. The third-order valence-corrected chi connectivity index (χ3v) is 54.5. The Kier molecular flexibility index (Phi) is 33.3. The van der Waals surface area contributed by atoms with Crippen LogP contribution in [0.4, 0.5) is 8.78 Å². The van der Waals surface area contributed by atoms with Crippen molar-refractivity contribution < 1.29 is 8.78 Å². The van der Waals surface area contributed by atoms with Crippen molar-refractivity contribution in [1.29, 1.82) is 5.41 Å². The molecule has 1 aromatic heterocycles. The summed E-state index contributed by atoms with van der Waals surface area (Å²) in [7, 11) is 0. The van der Waals surface area contributed by atoms with Crippen LogP contribution in [0.2, 0.25) is 26.6 Å². The molecule has 0 atom stereocenters. The van der Waals surface area contributed by atoms with E-state index < -0.39 is 47.6 Å². The van der Waals surface area contributed by atoms with Crippen LogP contribution in [0.3, 0.4) is 0 Å². The van der Waals surface area contributed by atoms with Gasteiger partial charge >= 0.3 is 556 Å². The van der Waals surface area contributed by atoms with Crippen LogP contribution < -0.4 is 3.58 Å². The third-order valence-electron chi connectivity index (χ3n) is 21.8. The summed E-state index contributed by atoms with van der Waals surface area (Å²) >= 11 is -3.91. The van der Waals surface area contributed by atoms with Crippen molar-refractivity contribution in [2.24, 2.45) is 4.01 Å². The SMILES string of the molecule is CCCCCCCCC1(CCCCCCCC)C2=C(/C(=N/[Se])C(=N)[C]([Sn]([CH2]CCC)([CH2]CCC)[CH2]CCC)=C2)c2c(F)c3c(c(F)c21)-c1c(c[c]([Sn]([CH2]CCC)([CH2]CCC)[CH2]CCC)c2n[se]nc12)C3(CCCCCCCC)CCCCCCCC. The number of nitrogens with one attached hydrogen (secondary N) is 1. The van der Waals surface area contributed by atoms with Gasteiger partial charge in [0.25, 0.3) is 0 Å². The average Bonchev–Trinajstić information content (AvgIpc) is 1.51. The molecule has 0 spiro atoms. The molecule has 2 aromatic carbocycles. The van der Waals surface area contributed by atoms with Crippen LogP contribution in [0.25, 0.3) is 27.7 Å². The van der Waals surface area contributed by atoms with Crippen molar-refractivity contribution in [3.63, 3.8) is 0 Å². The van der Waals surface area contributed by atoms with Gasteiger partial charge in [0.05, 0.1) is 0 Å². The molecule has 6 rings (SSSR count). The van der Waals surface area contributed by atoms with E-state index in [2.05, 4.69) is 97.6 Å². The predicted molar refractivity (Wildman–Crippen MR) is 382 cm³/mol. The Morgan fingerprint density at radius 2 is 0.791 bits per heavy atom. The molecule has 0 bridgehead atoms. The number of rotatable bonds is 48. The van der Waals surface area contributed by atoms with Crippen LogP contribution >= 0.6 is 0 Å². The van der Waals surface area contributed by atoms with E-state index in [-0.39, 0.29) is 26.6 Å². The van der Waals surface area contributed by atoms with Gasteiger partial charge in [-0.1, -0.05) is 0 Å². The molecule has 0 unspecified atom stereocenters. The van der Waals surface area contributed by atoms with Crippen molar-refractivity contribution in [1.82, 2.24) is 7.96 Å². The number of fused-ring (bicyclic) bond motifs is 7. The number of benzene rings is 2. The Balaban J connectivity index is 1.83. The number of hydrogen-bond donors (Lipinski definition) is 1. The predicted octanol–water partition coefficient (Wildman–Crippen LogP) is 24.2.